The van der Waals surface area contributed by atoms with Crippen molar-refractivity contribution in [2.24, 2.45) is 0 Å². The van der Waals surface area contributed by atoms with Crippen molar-refractivity contribution in [3.8, 4) is 11.5 Å². The molecule has 1 unspecified atom stereocenters. The quantitative estimate of drug-likeness (QED) is 0.451. The number of aryl methyl sites for hydroxylation is 2. The number of nitrogens with zero attached hydrogens (tertiary/aromatic N) is 3. The zero-order valence-electron chi connectivity index (χ0n) is 18.7. The van der Waals surface area contributed by atoms with E-state index in [0.717, 1.165) is 34.8 Å². The maximum atomic E-state index is 13.1. The molecule has 6 heteroatoms. The van der Waals surface area contributed by atoms with E-state index < -0.39 is 0 Å². The lowest BCUT2D eigenvalue weighted by molar-refractivity contribution is -0.117. The highest BCUT2D eigenvalue weighted by atomic mass is 16.7. The SMILES string of the molecule is Cc1ccc(C)c(Cn2c(C3CC(=O)N(c4ccc5c(c4)OCO5)C3)nc3ccccc32)c1. The largest absolute Gasteiger partial charge is 0.454 e. The lowest BCUT2D eigenvalue weighted by atomic mass is 10.0. The molecule has 0 spiro atoms. The molecule has 166 valence electrons. The first-order valence-corrected chi connectivity index (χ1v) is 11.3. The summed E-state index contributed by atoms with van der Waals surface area (Å²) in [5.74, 6) is 2.49. The monoisotopic (exact) mass is 439 g/mol. The number of amides is 1. The Morgan fingerprint density at radius 1 is 1.00 bits per heavy atom. The van der Waals surface area contributed by atoms with Crippen LogP contribution in [-0.4, -0.2) is 28.8 Å². The maximum absolute atomic E-state index is 13.1. The van der Waals surface area contributed by atoms with Gasteiger partial charge < -0.3 is 18.9 Å². The lowest BCUT2D eigenvalue weighted by Crippen LogP contribution is -2.24. The number of hydrogen-bond donors (Lipinski definition) is 0. The normalized spacial score (nSPS) is 17.3. The Kier molecular flexibility index (Phi) is 4.61. The van der Waals surface area contributed by atoms with Crippen LogP contribution in [0, 0.1) is 13.8 Å². The van der Waals surface area contributed by atoms with Crippen molar-refractivity contribution < 1.29 is 14.3 Å². The van der Waals surface area contributed by atoms with Crippen LogP contribution in [0.4, 0.5) is 5.69 Å². The molecule has 1 saturated heterocycles. The van der Waals surface area contributed by atoms with Crippen LogP contribution in [0.5, 0.6) is 11.5 Å². The topological polar surface area (TPSA) is 56.6 Å². The summed E-state index contributed by atoms with van der Waals surface area (Å²) >= 11 is 0. The van der Waals surface area contributed by atoms with Crippen LogP contribution in [0.25, 0.3) is 11.0 Å². The van der Waals surface area contributed by atoms with Gasteiger partial charge in [-0.1, -0.05) is 35.9 Å². The Balaban J connectivity index is 1.37. The molecule has 1 fully saturated rings. The molecule has 6 nitrogen and oxygen atoms in total. The summed E-state index contributed by atoms with van der Waals surface area (Å²) in [6, 6.07) is 20.5. The number of imidazole rings is 1. The van der Waals surface area contributed by atoms with Gasteiger partial charge in [-0.05, 0) is 49.2 Å². The smallest absolute Gasteiger partial charge is 0.231 e. The number of anilines is 1. The molecule has 0 aliphatic carbocycles. The van der Waals surface area contributed by atoms with E-state index >= 15 is 0 Å². The Hall–Kier alpha value is -3.80. The number of hydrogen-bond acceptors (Lipinski definition) is 4. The molecule has 0 saturated carbocycles. The first kappa shape index (κ1) is 19.9. The molecule has 2 aliphatic rings. The molecule has 6 rings (SSSR count). The van der Waals surface area contributed by atoms with Gasteiger partial charge in [-0.15, -0.1) is 0 Å². The summed E-state index contributed by atoms with van der Waals surface area (Å²) in [6.07, 6.45) is 0.435. The first-order valence-electron chi connectivity index (χ1n) is 11.3. The Morgan fingerprint density at radius 2 is 1.85 bits per heavy atom. The van der Waals surface area contributed by atoms with Crippen molar-refractivity contribution in [3.05, 3.63) is 83.2 Å². The highest BCUT2D eigenvalue weighted by Crippen LogP contribution is 2.39. The van der Waals surface area contributed by atoms with E-state index in [1.54, 1.807) is 0 Å². The predicted molar refractivity (Wildman–Crippen MR) is 127 cm³/mol. The minimum atomic E-state index is 0.0143. The third kappa shape index (κ3) is 3.42. The van der Waals surface area contributed by atoms with Gasteiger partial charge in [0.05, 0.1) is 11.0 Å². The second-order valence-electron chi connectivity index (χ2n) is 8.92. The third-order valence-electron chi connectivity index (χ3n) is 6.68. The van der Waals surface area contributed by atoms with Gasteiger partial charge in [-0.3, -0.25) is 4.79 Å². The lowest BCUT2D eigenvalue weighted by Gasteiger charge is -2.18. The van der Waals surface area contributed by atoms with Gasteiger partial charge in [0, 0.05) is 37.2 Å². The van der Waals surface area contributed by atoms with E-state index in [1.165, 1.54) is 16.7 Å². The molecule has 3 heterocycles. The minimum Gasteiger partial charge on any atom is -0.454 e. The van der Waals surface area contributed by atoms with E-state index in [0.29, 0.717) is 18.7 Å². The molecule has 3 aromatic carbocycles. The number of benzene rings is 3. The molecule has 1 amide bonds. The summed E-state index contributed by atoms with van der Waals surface area (Å²) in [5, 5.41) is 0. The first-order chi connectivity index (χ1) is 16.1. The minimum absolute atomic E-state index is 0.0143. The number of carbonyl (C=O) groups is 1. The van der Waals surface area contributed by atoms with E-state index in [2.05, 4.69) is 42.7 Å². The summed E-state index contributed by atoms with van der Waals surface area (Å²) in [7, 11) is 0. The van der Waals surface area contributed by atoms with Crippen molar-refractivity contribution in [2.75, 3.05) is 18.2 Å². The summed E-state index contributed by atoms with van der Waals surface area (Å²) < 4.78 is 13.2. The highest BCUT2D eigenvalue weighted by Gasteiger charge is 2.35. The zero-order chi connectivity index (χ0) is 22.5. The summed E-state index contributed by atoms with van der Waals surface area (Å²) in [4.78, 5) is 19.9. The van der Waals surface area contributed by atoms with Crippen LogP contribution in [0.2, 0.25) is 0 Å². The van der Waals surface area contributed by atoms with Crippen molar-refractivity contribution in [2.45, 2.75) is 32.7 Å². The van der Waals surface area contributed by atoms with Gasteiger partial charge in [-0.2, -0.15) is 0 Å². The van der Waals surface area contributed by atoms with Crippen LogP contribution < -0.4 is 14.4 Å². The second kappa shape index (κ2) is 7.66. The number of para-hydroxylation sites is 2. The average Bonchev–Trinajstić information content (AvgIpc) is 3.53. The summed E-state index contributed by atoms with van der Waals surface area (Å²) in [6.45, 7) is 5.81. The van der Waals surface area contributed by atoms with E-state index in [9.17, 15) is 4.79 Å². The van der Waals surface area contributed by atoms with Crippen molar-refractivity contribution in [1.82, 2.24) is 9.55 Å². The predicted octanol–water partition coefficient (Wildman–Crippen LogP) is 4.95. The van der Waals surface area contributed by atoms with E-state index in [4.69, 9.17) is 14.5 Å². The molecule has 0 N–H and O–H groups in total. The van der Waals surface area contributed by atoms with Crippen LogP contribution in [0.3, 0.4) is 0 Å². The van der Waals surface area contributed by atoms with Crippen molar-refractivity contribution in [1.29, 1.82) is 0 Å². The molecular weight excluding hydrogens is 414 g/mol. The Labute approximate surface area is 192 Å². The second-order valence-corrected chi connectivity index (χ2v) is 8.92. The van der Waals surface area contributed by atoms with Gasteiger partial charge in [0.1, 0.15) is 5.82 Å². The van der Waals surface area contributed by atoms with Crippen LogP contribution in [-0.2, 0) is 11.3 Å². The van der Waals surface area contributed by atoms with Gasteiger partial charge in [0.2, 0.25) is 12.7 Å². The molecule has 1 atom stereocenters. The standard InChI is InChI=1S/C27H25N3O3/c1-17-7-8-18(2)19(11-17)14-30-23-6-4-3-5-22(23)28-27(30)20-12-26(31)29(15-20)21-9-10-24-25(13-21)33-16-32-24/h3-11,13,20H,12,14-16H2,1-2H3. The fraction of sp³-hybridized carbons (Fsp3) is 0.259. The average molecular weight is 440 g/mol. The molecule has 33 heavy (non-hydrogen) atoms. The van der Waals surface area contributed by atoms with Crippen LogP contribution in [0.15, 0.2) is 60.7 Å². The number of ether oxygens (including phenoxy) is 2. The highest BCUT2D eigenvalue weighted by molar-refractivity contribution is 5.97. The number of aromatic nitrogens is 2. The van der Waals surface area contributed by atoms with Crippen molar-refractivity contribution >= 4 is 22.6 Å². The van der Waals surface area contributed by atoms with E-state index in [1.807, 2.05) is 41.3 Å². The van der Waals surface area contributed by atoms with Crippen LogP contribution >= 0.6 is 0 Å². The maximum Gasteiger partial charge on any atom is 0.231 e. The number of carbonyl (C=O) groups excluding carboxylic acids is 1. The molecule has 0 bridgehead atoms. The zero-order valence-corrected chi connectivity index (χ0v) is 18.7. The van der Waals surface area contributed by atoms with Gasteiger partial charge >= 0.3 is 0 Å². The molecule has 2 aliphatic heterocycles. The van der Waals surface area contributed by atoms with Gasteiger partial charge in [0.25, 0.3) is 0 Å². The number of rotatable bonds is 4. The van der Waals surface area contributed by atoms with Crippen LogP contribution in [0.1, 0.15) is 34.9 Å². The Morgan fingerprint density at radius 3 is 2.76 bits per heavy atom. The molecule has 1 aromatic heterocycles. The fourth-order valence-electron chi connectivity index (χ4n) is 4.90. The third-order valence-corrected chi connectivity index (χ3v) is 6.68. The molecule has 4 aromatic rings. The fourth-order valence-corrected chi connectivity index (χ4v) is 4.90. The number of fused-ring (bicyclic) bond motifs is 2. The molecule has 0 radical (unpaired) electrons. The van der Waals surface area contributed by atoms with Gasteiger partial charge in [-0.25, -0.2) is 4.98 Å². The van der Waals surface area contributed by atoms with Crippen molar-refractivity contribution in [3.63, 3.8) is 0 Å². The summed E-state index contributed by atoms with van der Waals surface area (Å²) in [5.41, 5.74) is 6.68. The molecular formula is C27H25N3O3. The Bertz CT molecular complexity index is 1390. The van der Waals surface area contributed by atoms with E-state index in [-0.39, 0.29) is 18.6 Å². The van der Waals surface area contributed by atoms with Gasteiger partial charge in [0.15, 0.2) is 11.5 Å².